The molecule has 77 valence electrons. The summed E-state index contributed by atoms with van der Waals surface area (Å²) in [7, 11) is 0. The van der Waals surface area contributed by atoms with E-state index < -0.39 is 0 Å². The van der Waals surface area contributed by atoms with Gasteiger partial charge in [-0.05, 0) is 26.8 Å². The number of benzene rings is 1. The number of carbonyl (C=O) groups is 3. The summed E-state index contributed by atoms with van der Waals surface area (Å²) < 4.78 is 0. The van der Waals surface area contributed by atoms with Crippen molar-refractivity contribution in [2.24, 2.45) is 0 Å². The average Bonchev–Trinajstić information content (AvgIpc) is 2.16. The molecule has 0 aromatic heterocycles. The Bertz CT molecular complexity index is 412. The van der Waals surface area contributed by atoms with E-state index in [9.17, 15) is 14.4 Å². The molecule has 0 bridgehead atoms. The number of ketones is 3. The van der Waals surface area contributed by atoms with Gasteiger partial charge >= 0.3 is 0 Å². The van der Waals surface area contributed by atoms with Crippen molar-refractivity contribution < 1.29 is 14.4 Å². The first-order chi connectivity index (χ1) is 6.95. The Kier molecular flexibility index (Phi) is 3.14. The normalized spacial score (nSPS) is 9.80. The van der Waals surface area contributed by atoms with Crippen molar-refractivity contribution in [3.05, 3.63) is 34.9 Å². The van der Waals surface area contributed by atoms with Crippen LogP contribution in [0.15, 0.2) is 12.1 Å². The van der Waals surface area contributed by atoms with Gasteiger partial charge in [0.25, 0.3) is 0 Å². The molecule has 1 radical (unpaired) electrons. The van der Waals surface area contributed by atoms with Crippen LogP contribution < -0.4 is 0 Å². The van der Waals surface area contributed by atoms with Crippen LogP contribution in [0.4, 0.5) is 0 Å². The molecule has 0 aliphatic rings. The lowest BCUT2D eigenvalue weighted by Crippen LogP contribution is -2.10. The second-order valence-corrected chi connectivity index (χ2v) is 3.31. The molecule has 0 saturated heterocycles. The van der Waals surface area contributed by atoms with Crippen LogP contribution in [0, 0.1) is 6.07 Å². The summed E-state index contributed by atoms with van der Waals surface area (Å²) in [5.74, 6) is -0.776. The summed E-state index contributed by atoms with van der Waals surface area (Å²) >= 11 is 0. The van der Waals surface area contributed by atoms with E-state index in [1.54, 1.807) is 0 Å². The van der Waals surface area contributed by atoms with Gasteiger partial charge in [0.2, 0.25) is 0 Å². The zero-order valence-electron chi connectivity index (χ0n) is 8.88. The topological polar surface area (TPSA) is 51.2 Å². The molecule has 0 N–H and O–H groups in total. The summed E-state index contributed by atoms with van der Waals surface area (Å²) in [6.07, 6.45) is 0. The molecule has 0 spiro atoms. The van der Waals surface area contributed by atoms with Crippen molar-refractivity contribution in [1.82, 2.24) is 0 Å². The van der Waals surface area contributed by atoms with Crippen molar-refractivity contribution in [3.63, 3.8) is 0 Å². The SMILES string of the molecule is CC(=O)c1[c]ccc(C(C)=O)c1C(C)=O. The van der Waals surface area contributed by atoms with Gasteiger partial charge in [-0.25, -0.2) is 0 Å². The maximum absolute atomic E-state index is 11.4. The number of rotatable bonds is 3. The van der Waals surface area contributed by atoms with E-state index in [-0.39, 0.29) is 34.0 Å². The molecular weight excluding hydrogens is 192 g/mol. The van der Waals surface area contributed by atoms with E-state index in [0.717, 1.165) is 0 Å². The lowest BCUT2D eigenvalue weighted by molar-refractivity contribution is 0.0968. The molecule has 0 atom stereocenters. The first kappa shape index (κ1) is 11.3. The van der Waals surface area contributed by atoms with Gasteiger partial charge in [0.05, 0.1) is 0 Å². The van der Waals surface area contributed by atoms with E-state index in [1.165, 1.54) is 32.9 Å². The standard InChI is InChI=1S/C12H11O3/c1-7(13)10-5-4-6-11(8(2)14)12(10)9(3)15/h4-5H,1-3H3. The fourth-order valence-electron chi connectivity index (χ4n) is 1.44. The second kappa shape index (κ2) is 4.17. The van der Waals surface area contributed by atoms with Gasteiger partial charge in [-0.2, -0.15) is 0 Å². The average molecular weight is 203 g/mol. The van der Waals surface area contributed by atoms with E-state index in [0.29, 0.717) is 0 Å². The Morgan fingerprint density at radius 2 is 1.60 bits per heavy atom. The third kappa shape index (κ3) is 2.18. The zero-order valence-corrected chi connectivity index (χ0v) is 8.88. The van der Waals surface area contributed by atoms with Crippen LogP contribution in [0.25, 0.3) is 0 Å². The highest BCUT2D eigenvalue weighted by atomic mass is 16.1. The van der Waals surface area contributed by atoms with E-state index in [4.69, 9.17) is 0 Å². The van der Waals surface area contributed by atoms with Crippen molar-refractivity contribution in [3.8, 4) is 0 Å². The summed E-state index contributed by atoms with van der Waals surface area (Å²) in [4.78, 5) is 33.9. The number of Topliss-reactive ketones (excluding diaryl/α,β-unsaturated/α-hetero) is 3. The lowest BCUT2D eigenvalue weighted by atomic mass is 9.94. The predicted molar refractivity (Wildman–Crippen MR) is 55.3 cm³/mol. The van der Waals surface area contributed by atoms with Gasteiger partial charge in [-0.1, -0.05) is 12.1 Å². The highest BCUT2D eigenvalue weighted by Gasteiger charge is 2.17. The Hall–Kier alpha value is -1.77. The van der Waals surface area contributed by atoms with Crippen LogP contribution >= 0.6 is 0 Å². The van der Waals surface area contributed by atoms with Crippen LogP contribution in [0.3, 0.4) is 0 Å². The summed E-state index contributed by atoms with van der Waals surface area (Å²) in [6.45, 7) is 4.05. The highest BCUT2D eigenvalue weighted by molar-refractivity contribution is 6.14. The molecule has 0 fully saturated rings. The van der Waals surface area contributed by atoms with Crippen LogP contribution in [-0.4, -0.2) is 17.3 Å². The smallest absolute Gasteiger partial charge is 0.161 e. The van der Waals surface area contributed by atoms with Crippen LogP contribution in [0.5, 0.6) is 0 Å². The third-order valence-electron chi connectivity index (χ3n) is 2.08. The number of hydrogen-bond acceptors (Lipinski definition) is 3. The molecule has 0 saturated carbocycles. The molecular formula is C12H11O3. The Labute approximate surface area is 88.1 Å². The maximum atomic E-state index is 11.4. The number of carbonyl (C=O) groups excluding carboxylic acids is 3. The minimum atomic E-state index is -0.290. The van der Waals surface area contributed by atoms with E-state index in [1.807, 2.05) is 0 Å². The van der Waals surface area contributed by atoms with Crippen molar-refractivity contribution in [2.75, 3.05) is 0 Å². The zero-order chi connectivity index (χ0) is 11.6. The molecule has 0 amide bonds. The van der Waals surface area contributed by atoms with E-state index >= 15 is 0 Å². The minimum absolute atomic E-state index is 0.178. The molecule has 0 aliphatic heterocycles. The van der Waals surface area contributed by atoms with Gasteiger partial charge in [0.1, 0.15) is 0 Å². The second-order valence-electron chi connectivity index (χ2n) is 3.31. The van der Waals surface area contributed by atoms with Gasteiger partial charge in [0, 0.05) is 16.7 Å². The van der Waals surface area contributed by atoms with Gasteiger partial charge in [-0.15, -0.1) is 0 Å². The molecule has 0 aliphatic carbocycles. The first-order valence-corrected chi connectivity index (χ1v) is 4.52. The van der Waals surface area contributed by atoms with Crippen molar-refractivity contribution >= 4 is 17.3 Å². The van der Waals surface area contributed by atoms with Crippen LogP contribution in [-0.2, 0) is 0 Å². The summed E-state index contributed by atoms with van der Waals surface area (Å²) in [6, 6.07) is 5.68. The minimum Gasteiger partial charge on any atom is -0.294 e. The Balaban J connectivity index is 3.56. The Morgan fingerprint density at radius 3 is 2.00 bits per heavy atom. The monoisotopic (exact) mass is 203 g/mol. The molecule has 1 aromatic rings. The molecule has 1 aromatic carbocycles. The molecule has 3 nitrogen and oxygen atoms in total. The molecule has 1 rings (SSSR count). The van der Waals surface area contributed by atoms with Crippen LogP contribution in [0.2, 0.25) is 0 Å². The van der Waals surface area contributed by atoms with E-state index in [2.05, 4.69) is 6.07 Å². The largest absolute Gasteiger partial charge is 0.294 e. The first-order valence-electron chi connectivity index (χ1n) is 4.52. The van der Waals surface area contributed by atoms with Crippen molar-refractivity contribution in [2.45, 2.75) is 20.8 Å². The highest BCUT2D eigenvalue weighted by Crippen LogP contribution is 2.16. The number of hydrogen-bond donors (Lipinski definition) is 0. The lowest BCUT2D eigenvalue weighted by Gasteiger charge is -2.07. The fourth-order valence-corrected chi connectivity index (χ4v) is 1.44. The quantitative estimate of drug-likeness (QED) is 0.707. The molecule has 3 heteroatoms. The van der Waals surface area contributed by atoms with Crippen molar-refractivity contribution in [1.29, 1.82) is 0 Å². The molecule has 0 unspecified atom stereocenters. The van der Waals surface area contributed by atoms with Gasteiger partial charge < -0.3 is 0 Å². The summed E-state index contributed by atoms with van der Waals surface area (Å²) in [5.41, 5.74) is 0.652. The van der Waals surface area contributed by atoms with Crippen LogP contribution in [0.1, 0.15) is 51.8 Å². The third-order valence-corrected chi connectivity index (χ3v) is 2.08. The van der Waals surface area contributed by atoms with Gasteiger partial charge in [-0.3, -0.25) is 14.4 Å². The Morgan fingerprint density at radius 1 is 1.00 bits per heavy atom. The van der Waals surface area contributed by atoms with Gasteiger partial charge in [0.15, 0.2) is 17.3 Å². The molecule has 0 heterocycles. The summed E-state index contributed by atoms with van der Waals surface area (Å²) in [5, 5.41) is 0. The predicted octanol–water partition coefficient (Wildman–Crippen LogP) is 2.09. The fraction of sp³-hybridized carbons (Fsp3) is 0.250. The molecule has 15 heavy (non-hydrogen) atoms. The maximum Gasteiger partial charge on any atom is 0.161 e.